The van der Waals surface area contributed by atoms with Crippen LogP contribution in [0.1, 0.15) is 26.6 Å². The molecule has 6 heteroatoms. The molecule has 0 saturated carbocycles. The van der Waals surface area contributed by atoms with Crippen LogP contribution in [0, 0.1) is 0 Å². The fourth-order valence-corrected chi connectivity index (χ4v) is 2.56. The molecule has 0 unspecified atom stereocenters. The third-order valence-electron chi connectivity index (χ3n) is 2.75. The fourth-order valence-electron chi connectivity index (χ4n) is 2.00. The zero-order valence-electron chi connectivity index (χ0n) is 11.1. The third-order valence-corrected chi connectivity index (χ3v) is 3.58. The first-order valence-electron chi connectivity index (χ1n) is 5.95. The highest BCUT2D eigenvalue weighted by atomic mass is 79.9. The first-order chi connectivity index (χ1) is 8.84. The van der Waals surface area contributed by atoms with Crippen LogP contribution in [0.2, 0.25) is 5.02 Å². The Morgan fingerprint density at radius 2 is 2.00 bits per heavy atom. The smallest absolute Gasteiger partial charge is 0.166 e. The number of rotatable bonds is 2. The topological polar surface area (TPSA) is 56.7 Å². The van der Waals surface area contributed by atoms with Crippen LogP contribution in [0.25, 0.3) is 11.4 Å². The third kappa shape index (κ3) is 2.83. The molecule has 2 aromatic rings. The summed E-state index contributed by atoms with van der Waals surface area (Å²) < 4.78 is 2.98. The van der Waals surface area contributed by atoms with E-state index in [0.717, 1.165) is 21.7 Å². The van der Waals surface area contributed by atoms with Crippen molar-refractivity contribution in [3.63, 3.8) is 0 Å². The Kier molecular flexibility index (Phi) is 3.99. The van der Waals surface area contributed by atoms with Gasteiger partial charge in [-0.05, 0) is 39.0 Å². The molecule has 0 atom stereocenters. The maximum absolute atomic E-state index is 6.27. The van der Waals surface area contributed by atoms with E-state index in [1.54, 1.807) is 0 Å². The van der Waals surface area contributed by atoms with Crippen molar-refractivity contribution in [2.75, 3.05) is 0 Å². The minimum absolute atomic E-state index is 0.167. The van der Waals surface area contributed by atoms with E-state index in [1.807, 2.05) is 22.8 Å². The summed E-state index contributed by atoms with van der Waals surface area (Å²) in [6.45, 7) is 6.61. The van der Waals surface area contributed by atoms with Crippen LogP contribution in [0.5, 0.6) is 0 Å². The summed E-state index contributed by atoms with van der Waals surface area (Å²) in [5, 5.41) is 9.06. The average Bonchev–Trinajstić information content (AvgIpc) is 2.75. The Hall–Kier alpha value is -0.910. The predicted molar refractivity (Wildman–Crippen MR) is 81.1 cm³/mol. The Morgan fingerprint density at radius 3 is 2.58 bits per heavy atom. The molecule has 0 radical (unpaired) electrons. The largest absolute Gasteiger partial charge is 0.324 e. The van der Waals surface area contributed by atoms with Crippen LogP contribution >= 0.6 is 27.5 Å². The van der Waals surface area contributed by atoms with Crippen LogP contribution in [0.3, 0.4) is 0 Å². The van der Waals surface area contributed by atoms with Crippen molar-refractivity contribution >= 4 is 27.5 Å². The second kappa shape index (κ2) is 5.23. The lowest BCUT2D eigenvalue weighted by Gasteiger charge is -2.25. The van der Waals surface area contributed by atoms with Crippen molar-refractivity contribution in [1.82, 2.24) is 14.8 Å². The molecule has 0 aliphatic rings. The van der Waals surface area contributed by atoms with E-state index < -0.39 is 0 Å². The van der Waals surface area contributed by atoms with Crippen LogP contribution in [0.15, 0.2) is 22.7 Å². The average molecular weight is 344 g/mol. The summed E-state index contributed by atoms with van der Waals surface area (Å²) in [6.07, 6.45) is 0. The van der Waals surface area contributed by atoms with Gasteiger partial charge in [-0.3, -0.25) is 0 Å². The molecule has 1 heterocycles. The number of benzene rings is 1. The lowest BCUT2D eigenvalue weighted by Crippen LogP contribution is -2.26. The molecule has 2 N–H and O–H groups in total. The van der Waals surface area contributed by atoms with Crippen molar-refractivity contribution in [2.45, 2.75) is 32.9 Å². The minimum atomic E-state index is -0.167. The van der Waals surface area contributed by atoms with Gasteiger partial charge in [0.1, 0.15) is 5.82 Å². The van der Waals surface area contributed by atoms with Gasteiger partial charge < -0.3 is 10.3 Å². The minimum Gasteiger partial charge on any atom is -0.324 e. The van der Waals surface area contributed by atoms with E-state index in [2.05, 4.69) is 46.9 Å². The SMILES string of the molecule is CC(C)(C)n1c(CN)nnc1-c1cc(Br)ccc1Cl. The summed E-state index contributed by atoms with van der Waals surface area (Å²) in [7, 11) is 0. The van der Waals surface area contributed by atoms with Crippen molar-refractivity contribution in [3.8, 4) is 11.4 Å². The highest BCUT2D eigenvalue weighted by Crippen LogP contribution is 2.32. The Morgan fingerprint density at radius 1 is 1.32 bits per heavy atom. The number of hydrogen-bond donors (Lipinski definition) is 1. The molecule has 0 aliphatic heterocycles. The Labute approximate surface area is 126 Å². The highest BCUT2D eigenvalue weighted by molar-refractivity contribution is 9.10. The van der Waals surface area contributed by atoms with E-state index in [4.69, 9.17) is 17.3 Å². The summed E-state index contributed by atoms with van der Waals surface area (Å²) >= 11 is 9.72. The highest BCUT2D eigenvalue weighted by Gasteiger charge is 2.24. The summed E-state index contributed by atoms with van der Waals surface area (Å²) in [5.41, 5.74) is 6.42. The molecule has 0 spiro atoms. The van der Waals surface area contributed by atoms with Gasteiger partial charge in [0.15, 0.2) is 5.82 Å². The van der Waals surface area contributed by atoms with Gasteiger partial charge in [-0.25, -0.2) is 0 Å². The molecule has 19 heavy (non-hydrogen) atoms. The molecule has 2 rings (SSSR count). The van der Waals surface area contributed by atoms with Gasteiger partial charge in [0.25, 0.3) is 0 Å². The van der Waals surface area contributed by atoms with Gasteiger partial charge in [-0.1, -0.05) is 27.5 Å². The zero-order chi connectivity index (χ0) is 14.2. The molecular formula is C13H16BrClN4. The second-order valence-electron chi connectivity index (χ2n) is 5.27. The van der Waals surface area contributed by atoms with E-state index >= 15 is 0 Å². The molecule has 1 aromatic carbocycles. The Balaban J connectivity index is 2.69. The van der Waals surface area contributed by atoms with Crippen LogP contribution in [0.4, 0.5) is 0 Å². The first kappa shape index (κ1) is 14.5. The van der Waals surface area contributed by atoms with E-state index in [-0.39, 0.29) is 5.54 Å². The first-order valence-corrected chi connectivity index (χ1v) is 7.12. The summed E-state index contributed by atoms with van der Waals surface area (Å²) in [4.78, 5) is 0. The van der Waals surface area contributed by atoms with Crippen LogP contribution in [-0.2, 0) is 12.1 Å². The number of aromatic nitrogens is 3. The van der Waals surface area contributed by atoms with E-state index in [9.17, 15) is 0 Å². The molecule has 0 aliphatic carbocycles. The van der Waals surface area contributed by atoms with Gasteiger partial charge >= 0.3 is 0 Å². The van der Waals surface area contributed by atoms with Gasteiger partial charge in [0.05, 0.1) is 11.6 Å². The van der Waals surface area contributed by atoms with Crippen molar-refractivity contribution < 1.29 is 0 Å². The Bertz CT molecular complexity index is 601. The van der Waals surface area contributed by atoms with Crippen molar-refractivity contribution in [1.29, 1.82) is 0 Å². The quantitative estimate of drug-likeness (QED) is 0.907. The predicted octanol–water partition coefficient (Wildman–Crippen LogP) is 3.57. The second-order valence-corrected chi connectivity index (χ2v) is 6.60. The lowest BCUT2D eigenvalue weighted by molar-refractivity contribution is 0.386. The van der Waals surface area contributed by atoms with Crippen LogP contribution in [-0.4, -0.2) is 14.8 Å². The summed E-state index contributed by atoms with van der Waals surface area (Å²) in [6, 6.07) is 5.67. The van der Waals surface area contributed by atoms with Gasteiger partial charge in [0, 0.05) is 15.6 Å². The van der Waals surface area contributed by atoms with Crippen molar-refractivity contribution in [3.05, 3.63) is 33.5 Å². The monoisotopic (exact) mass is 342 g/mol. The van der Waals surface area contributed by atoms with Gasteiger partial charge in [0.2, 0.25) is 0 Å². The maximum atomic E-state index is 6.27. The molecule has 4 nitrogen and oxygen atoms in total. The fraction of sp³-hybridized carbons (Fsp3) is 0.385. The normalized spacial score (nSPS) is 11.9. The number of nitrogens with two attached hydrogens (primary N) is 1. The molecule has 0 bridgehead atoms. The van der Waals surface area contributed by atoms with E-state index in [1.165, 1.54) is 0 Å². The van der Waals surface area contributed by atoms with Crippen LogP contribution < -0.4 is 5.73 Å². The number of nitrogens with zero attached hydrogens (tertiary/aromatic N) is 3. The number of halogens is 2. The lowest BCUT2D eigenvalue weighted by atomic mass is 10.1. The zero-order valence-corrected chi connectivity index (χ0v) is 13.5. The standard InChI is InChI=1S/C13H16BrClN4/c1-13(2,3)19-11(7-16)17-18-12(19)9-6-8(14)4-5-10(9)15/h4-6H,7,16H2,1-3H3. The summed E-state index contributed by atoms with van der Waals surface area (Å²) in [5.74, 6) is 1.48. The molecule has 0 saturated heterocycles. The van der Waals surface area contributed by atoms with Gasteiger partial charge in [-0.15, -0.1) is 10.2 Å². The molecule has 0 fully saturated rings. The van der Waals surface area contributed by atoms with E-state index in [0.29, 0.717) is 11.6 Å². The molecule has 1 aromatic heterocycles. The number of hydrogen-bond acceptors (Lipinski definition) is 3. The van der Waals surface area contributed by atoms with Gasteiger partial charge in [-0.2, -0.15) is 0 Å². The molecule has 102 valence electrons. The molecule has 0 amide bonds. The molecular weight excluding hydrogens is 328 g/mol. The maximum Gasteiger partial charge on any atom is 0.166 e. The van der Waals surface area contributed by atoms with Crippen molar-refractivity contribution in [2.24, 2.45) is 5.73 Å².